The van der Waals surface area contributed by atoms with E-state index < -0.39 is 23.8 Å². The zero-order valence-corrected chi connectivity index (χ0v) is 9.80. The molecule has 0 radical (unpaired) electrons. The molecule has 1 rings (SSSR count). The lowest BCUT2D eigenvalue weighted by molar-refractivity contribution is -0.139. The average Bonchev–Trinajstić information content (AvgIpc) is 2.70. The zero-order chi connectivity index (χ0) is 13.7. The average molecular weight is 254 g/mol. The Balaban J connectivity index is 2.63. The van der Waals surface area contributed by atoms with E-state index in [0.29, 0.717) is 5.76 Å². The molecule has 4 N–H and O–H groups in total. The first kappa shape index (κ1) is 13.8. The van der Waals surface area contributed by atoms with Crippen molar-refractivity contribution in [3.05, 3.63) is 23.7 Å². The third kappa shape index (κ3) is 3.93. The number of hydrogen-bond acceptors (Lipinski definition) is 4. The van der Waals surface area contributed by atoms with Gasteiger partial charge in [-0.1, -0.05) is 0 Å². The molecule has 0 aromatic carbocycles. The highest BCUT2D eigenvalue weighted by Gasteiger charge is 2.22. The van der Waals surface area contributed by atoms with Crippen LogP contribution >= 0.6 is 0 Å². The number of amides is 2. The van der Waals surface area contributed by atoms with Crippen molar-refractivity contribution in [3.63, 3.8) is 0 Å². The second-order valence-corrected chi connectivity index (χ2v) is 3.78. The summed E-state index contributed by atoms with van der Waals surface area (Å²) in [5, 5.41) is 11.2. The maximum Gasteiger partial charge on any atom is 0.326 e. The number of rotatable bonds is 6. The van der Waals surface area contributed by atoms with Gasteiger partial charge in [0.2, 0.25) is 5.91 Å². The van der Waals surface area contributed by atoms with Gasteiger partial charge >= 0.3 is 5.97 Å². The Kier molecular flexibility index (Phi) is 4.47. The van der Waals surface area contributed by atoms with E-state index in [2.05, 4.69) is 5.32 Å². The number of nitrogens with two attached hydrogens (primary N) is 1. The van der Waals surface area contributed by atoms with Crippen molar-refractivity contribution in [2.45, 2.75) is 25.8 Å². The quantitative estimate of drug-likeness (QED) is 0.661. The van der Waals surface area contributed by atoms with E-state index in [9.17, 15) is 14.4 Å². The van der Waals surface area contributed by atoms with Crippen molar-refractivity contribution >= 4 is 17.8 Å². The van der Waals surface area contributed by atoms with Crippen molar-refractivity contribution < 1.29 is 23.9 Å². The number of carbonyl (C=O) groups is 3. The van der Waals surface area contributed by atoms with Crippen molar-refractivity contribution in [3.8, 4) is 0 Å². The number of carbonyl (C=O) groups excluding carboxylic acids is 2. The van der Waals surface area contributed by atoms with Crippen molar-refractivity contribution in [2.75, 3.05) is 0 Å². The summed E-state index contributed by atoms with van der Waals surface area (Å²) in [6.45, 7) is 1.67. The minimum Gasteiger partial charge on any atom is -0.480 e. The van der Waals surface area contributed by atoms with Gasteiger partial charge in [-0.15, -0.1) is 0 Å². The Morgan fingerprint density at radius 1 is 1.44 bits per heavy atom. The maximum atomic E-state index is 11.6. The van der Waals surface area contributed by atoms with E-state index in [1.54, 1.807) is 13.0 Å². The van der Waals surface area contributed by atoms with Gasteiger partial charge in [-0.05, 0) is 25.5 Å². The summed E-state index contributed by atoms with van der Waals surface area (Å²) in [5.41, 5.74) is 4.92. The molecule has 0 spiro atoms. The fourth-order valence-corrected chi connectivity index (χ4v) is 1.33. The minimum atomic E-state index is -1.23. The summed E-state index contributed by atoms with van der Waals surface area (Å²) in [7, 11) is 0. The van der Waals surface area contributed by atoms with Gasteiger partial charge in [0.1, 0.15) is 11.8 Å². The van der Waals surface area contributed by atoms with Crippen molar-refractivity contribution in [1.82, 2.24) is 5.32 Å². The maximum absolute atomic E-state index is 11.6. The van der Waals surface area contributed by atoms with Crippen LogP contribution in [0.15, 0.2) is 16.5 Å². The third-order valence-electron chi connectivity index (χ3n) is 2.25. The van der Waals surface area contributed by atoms with Crippen LogP contribution in [0, 0.1) is 6.92 Å². The lowest BCUT2D eigenvalue weighted by Gasteiger charge is -2.12. The predicted molar refractivity (Wildman–Crippen MR) is 60.8 cm³/mol. The molecular weight excluding hydrogens is 240 g/mol. The molecule has 2 amide bonds. The summed E-state index contributed by atoms with van der Waals surface area (Å²) >= 11 is 0. The fourth-order valence-electron chi connectivity index (χ4n) is 1.33. The van der Waals surface area contributed by atoms with Gasteiger partial charge in [0, 0.05) is 6.42 Å². The van der Waals surface area contributed by atoms with E-state index >= 15 is 0 Å². The molecule has 0 aliphatic carbocycles. The van der Waals surface area contributed by atoms with Crippen LogP contribution in [0.2, 0.25) is 0 Å². The molecule has 1 aromatic rings. The van der Waals surface area contributed by atoms with Crippen LogP contribution in [0.1, 0.15) is 29.2 Å². The normalized spacial score (nSPS) is 11.8. The Labute approximate surface area is 103 Å². The number of nitrogens with one attached hydrogen (secondary N) is 1. The zero-order valence-electron chi connectivity index (χ0n) is 9.80. The number of aryl methyl sites for hydroxylation is 1. The molecule has 1 aromatic heterocycles. The molecule has 1 heterocycles. The second-order valence-electron chi connectivity index (χ2n) is 3.78. The summed E-state index contributed by atoms with van der Waals surface area (Å²) in [5.74, 6) is -1.92. The monoisotopic (exact) mass is 254 g/mol. The summed E-state index contributed by atoms with van der Waals surface area (Å²) < 4.78 is 5.05. The number of aliphatic carboxylic acids is 1. The van der Waals surface area contributed by atoms with Crippen LogP contribution in [-0.4, -0.2) is 28.9 Å². The second kappa shape index (κ2) is 5.85. The Morgan fingerprint density at radius 2 is 2.11 bits per heavy atom. The first-order chi connectivity index (χ1) is 8.40. The number of carboxylic acid groups (broad SMARTS) is 1. The molecule has 1 atom stereocenters. The lowest BCUT2D eigenvalue weighted by Crippen LogP contribution is -2.41. The highest BCUT2D eigenvalue weighted by molar-refractivity contribution is 5.94. The van der Waals surface area contributed by atoms with Gasteiger partial charge in [0.05, 0.1) is 0 Å². The number of hydrogen-bond donors (Lipinski definition) is 3. The lowest BCUT2D eigenvalue weighted by atomic mass is 10.1. The molecular formula is C11H14N2O5. The van der Waals surface area contributed by atoms with E-state index in [4.69, 9.17) is 15.3 Å². The van der Waals surface area contributed by atoms with Crippen LogP contribution in [-0.2, 0) is 9.59 Å². The van der Waals surface area contributed by atoms with Crippen LogP contribution in [0.25, 0.3) is 0 Å². The van der Waals surface area contributed by atoms with Crippen LogP contribution in [0.3, 0.4) is 0 Å². The van der Waals surface area contributed by atoms with Gasteiger partial charge in [-0.25, -0.2) is 4.79 Å². The molecule has 7 nitrogen and oxygen atoms in total. The first-order valence-electron chi connectivity index (χ1n) is 5.28. The summed E-state index contributed by atoms with van der Waals surface area (Å²) in [4.78, 5) is 33.1. The van der Waals surface area contributed by atoms with Gasteiger partial charge in [-0.3, -0.25) is 9.59 Å². The van der Waals surface area contributed by atoms with Gasteiger partial charge in [-0.2, -0.15) is 0 Å². The first-order valence-corrected chi connectivity index (χ1v) is 5.28. The van der Waals surface area contributed by atoms with E-state index in [0.717, 1.165) is 0 Å². The molecule has 0 saturated carbocycles. The number of furan rings is 1. The SMILES string of the molecule is Cc1ccc(C(=O)N[C@@H](CCC(N)=O)C(=O)O)o1. The Bertz CT molecular complexity index is 466. The van der Waals surface area contributed by atoms with Crippen LogP contribution < -0.4 is 11.1 Å². The molecule has 0 bridgehead atoms. The smallest absolute Gasteiger partial charge is 0.326 e. The number of primary amides is 1. The van der Waals surface area contributed by atoms with E-state index in [1.165, 1.54) is 6.07 Å². The molecule has 0 unspecified atom stereocenters. The van der Waals surface area contributed by atoms with Gasteiger partial charge in [0.15, 0.2) is 5.76 Å². The topological polar surface area (TPSA) is 123 Å². The van der Waals surface area contributed by atoms with Crippen LogP contribution in [0.5, 0.6) is 0 Å². The molecule has 7 heteroatoms. The fraction of sp³-hybridized carbons (Fsp3) is 0.364. The molecule has 0 saturated heterocycles. The number of carboxylic acids is 1. The van der Waals surface area contributed by atoms with Crippen molar-refractivity contribution in [1.29, 1.82) is 0 Å². The highest BCUT2D eigenvalue weighted by Crippen LogP contribution is 2.07. The van der Waals surface area contributed by atoms with Crippen LogP contribution in [0.4, 0.5) is 0 Å². The predicted octanol–water partition coefficient (Wildman–Crippen LogP) is 0.0365. The molecule has 18 heavy (non-hydrogen) atoms. The minimum absolute atomic E-state index is 0.0258. The molecule has 0 aliphatic heterocycles. The van der Waals surface area contributed by atoms with Crippen molar-refractivity contribution in [2.24, 2.45) is 5.73 Å². The van der Waals surface area contributed by atoms with E-state index in [1.807, 2.05) is 0 Å². The van der Waals surface area contributed by atoms with Gasteiger partial charge in [0.25, 0.3) is 5.91 Å². The Hall–Kier alpha value is -2.31. The summed E-state index contributed by atoms with van der Waals surface area (Å²) in [6.07, 6.45) is -0.176. The van der Waals surface area contributed by atoms with Gasteiger partial charge < -0.3 is 20.6 Å². The standard InChI is InChI=1S/C11H14N2O5/c1-6-2-4-8(18-6)10(15)13-7(11(16)17)3-5-9(12)14/h2,4,7H,3,5H2,1H3,(H2,12,14)(H,13,15)(H,16,17)/t7-/m0/s1. The highest BCUT2D eigenvalue weighted by atomic mass is 16.4. The summed E-state index contributed by atoms with van der Waals surface area (Å²) in [6, 6.07) is 1.86. The molecule has 0 aliphatic rings. The molecule has 0 fully saturated rings. The Morgan fingerprint density at radius 3 is 2.56 bits per heavy atom. The largest absolute Gasteiger partial charge is 0.480 e. The third-order valence-corrected chi connectivity index (χ3v) is 2.25. The van der Waals surface area contributed by atoms with E-state index in [-0.39, 0.29) is 18.6 Å². The molecule has 98 valence electrons.